The van der Waals surface area contributed by atoms with Gasteiger partial charge in [0.25, 0.3) is 10.0 Å². The standard InChI is InChI=1S/C13H12FNO2S/c1-10-9-12(7-8-13(10)14)18(16,17)15-11-5-3-2-4-6-11/h2-9,15H,1H3. The Labute approximate surface area is 105 Å². The molecule has 0 saturated carbocycles. The summed E-state index contributed by atoms with van der Waals surface area (Å²) in [7, 11) is -3.67. The lowest BCUT2D eigenvalue weighted by molar-refractivity contribution is 0.598. The van der Waals surface area contributed by atoms with E-state index in [1.807, 2.05) is 0 Å². The van der Waals surface area contributed by atoms with Gasteiger partial charge >= 0.3 is 0 Å². The van der Waals surface area contributed by atoms with Crippen LogP contribution in [0.3, 0.4) is 0 Å². The van der Waals surface area contributed by atoms with Crippen LogP contribution in [0.25, 0.3) is 0 Å². The van der Waals surface area contributed by atoms with E-state index in [1.165, 1.54) is 19.1 Å². The summed E-state index contributed by atoms with van der Waals surface area (Å²) < 4.78 is 39.6. The maximum absolute atomic E-state index is 13.1. The Morgan fingerprint density at radius 3 is 2.33 bits per heavy atom. The summed E-state index contributed by atoms with van der Waals surface area (Å²) in [6.07, 6.45) is 0. The van der Waals surface area contributed by atoms with Gasteiger partial charge in [0.05, 0.1) is 4.90 Å². The fourth-order valence-electron chi connectivity index (χ4n) is 1.50. The maximum Gasteiger partial charge on any atom is 0.261 e. The smallest absolute Gasteiger partial charge is 0.261 e. The van der Waals surface area contributed by atoms with Gasteiger partial charge in [-0.05, 0) is 42.8 Å². The molecule has 0 heterocycles. The molecule has 0 unspecified atom stereocenters. The average molecular weight is 265 g/mol. The molecule has 94 valence electrons. The van der Waals surface area contributed by atoms with Crippen molar-refractivity contribution in [1.82, 2.24) is 0 Å². The van der Waals surface area contributed by atoms with Gasteiger partial charge in [-0.15, -0.1) is 0 Å². The van der Waals surface area contributed by atoms with Crippen molar-refractivity contribution >= 4 is 15.7 Å². The second-order valence-corrected chi connectivity index (χ2v) is 5.56. The van der Waals surface area contributed by atoms with Crippen molar-refractivity contribution in [2.45, 2.75) is 11.8 Å². The first kappa shape index (κ1) is 12.6. The van der Waals surface area contributed by atoms with Crippen molar-refractivity contribution in [3.63, 3.8) is 0 Å². The van der Waals surface area contributed by atoms with E-state index in [0.717, 1.165) is 6.07 Å². The molecule has 2 rings (SSSR count). The first-order valence-electron chi connectivity index (χ1n) is 5.33. The monoisotopic (exact) mass is 265 g/mol. The van der Waals surface area contributed by atoms with E-state index in [2.05, 4.69) is 4.72 Å². The van der Waals surface area contributed by atoms with E-state index in [4.69, 9.17) is 0 Å². The molecular formula is C13H12FNO2S. The van der Waals surface area contributed by atoms with Crippen LogP contribution in [0, 0.1) is 12.7 Å². The van der Waals surface area contributed by atoms with E-state index in [-0.39, 0.29) is 4.90 Å². The molecule has 0 radical (unpaired) electrons. The van der Waals surface area contributed by atoms with E-state index in [0.29, 0.717) is 11.3 Å². The predicted octanol–water partition coefficient (Wildman–Crippen LogP) is 2.93. The number of para-hydroxylation sites is 1. The Bertz CT molecular complexity index is 654. The number of hydrogen-bond donors (Lipinski definition) is 1. The second-order valence-electron chi connectivity index (χ2n) is 3.88. The summed E-state index contributed by atoms with van der Waals surface area (Å²) in [6, 6.07) is 12.2. The highest BCUT2D eigenvalue weighted by Crippen LogP contribution is 2.18. The lowest BCUT2D eigenvalue weighted by atomic mass is 10.2. The highest BCUT2D eigenvalue weighted by Gasteiger charge is 2.15. The second kappa shape index (κ2) is 4.78. The zero-order valence-corrected chi connectivity index (χ0v) is 10.5. The molecule has 3 nitrogen and oxygen atoms in total. The molecule has 0 amide bonds. The van der Waals surface area contributed by atoms with Crippen molar-refractivity contribution in [2.75, 3.05) is 4.72 Å². The first-order valence-corrected chi connectivity index (χ1v) is 6.81. The lowest BCUT2D eigenvalue weighted by Crippen LogP contribution is -2.13. The van der Waals surface area contributed by atoms with Crippen LogP contribution in [-0.2, 0) is 10.0 Å². The summed E-state index contributed by atoms with van der Waals surface area (Å²) in [4.78, 5) is 0.0465. The number of aryl methyl sites for hydroxylation is 1. The van der Waals surface area contributed by atoms with Gasteiger partial charge in [-0.25, -0.2) is 12.8 Å². The Balaban J connectivity index is 2.34. The van der Waals surface area contributed by atoms with Crippen molar-refractivity contribution < 1.29 is 12.8 Å². The molecule has 0 spiro atoms. The SMILES string of the molecule is Cc1cc(S(=O)(=O)Nc2ccccc2)ccc1F. The van der Waals surface area contributed by atoms with Crippen LogP contribution < -0.4 is 4.72 Å². The molecule has 0 aliphatic rings. The van der Waals surface area contributed by atoms with Gasteiger partial charge < -0.3 is 0 Å². The number of hydrogen-bond acceptors (Lipinski definition) is 2. The molecule has 18 heavy (non-hydrogen) atoms. The molecule has 0 saturated heterocycles. The van der Waals surface area contributed by atoms with Crippen molar-refractivity contribution in [3.8, 4) is 0 Å². The summed E-state index contributed by atoms with van der Waals surface area (Å²) in [5.74, 6) is -0.423. The molecule has 0 fully saturated rings. The first-order chi connectivity index (χ1) is 8.49. The Hall–Kier alpha value is -1.88. The van der Waals surface area contributed by atoms with Gasteiger partial charge in [0, 0.05) is 5.69 Å². The number of benzene rings is 2. The molecule has 0 atom stereocenters. The minimum atomic E-state index is -3.67. The fraction of sp³-hybridized carbons (Fsp3) is 0.0769. The number of halogens is 1. The van der Waals surface area contributed by atoms with Crippen LogP contribution in [0.4, 0.5) is 10.1 Å². The van der Waals surface area contributed by atoms with E-state index in [1.54, 1.807) is 30.3 Å². The van der Waals surface area contributed by atoms with Crippen LogP contribution in [0.5, 0.6) is 0 Å². The molecular weight excluding hydrogens is 253 g/mol. The normalized spacial score (nSPS) is 11.2. The van der Waals surface area contributed by atoms with Crippen LogP contribution in [-0.4, -0.2) is 8.42 Å². The molecule has 2 aromatic carbocycles. The zero-order valence-electron chi connectivity index (χ0n) is 9.72. The van der Waals surface area contributed by atoms with Gasteiger partial charge in [0.2, 0.25) is 0 Å². The van der Waals surface area contributed by atoms with E-state index >= 15 is 0 Å². The number of sulfonamides is 1. The van der Waals surface area contributed by atoms with Crippen LogP contribution in [0.1, 0.15) is 5.56 Å². The van der Waals surface area contributed by atoms with Gasteiger partial charge in [-0.3, -0.25) is 4.72 Å². The summed E-state index contributed by atoms with van der Waals surface area (Å²) in [5.41, 5.74) is 0.769. The van der Waals surface area contributed by atoms with Crippen molar-refractivity contribution in [2.24, 2.45) is 0 Å². The number of rotatable bonds is 3. The number of anilines is 1. The van der Waals surface area contributed by atoms with Crippen LogP contribution in [0.15, 0.2) is 53.4 Å². The molecule has 1 N–H and O–H groups in total. The third-order valence-corrected chi connectivity index (χ3v) is 3.84. The zero-order chi connectivity index (χ0) is 13.2. The highest BCUT2D eigenvalue weighted by atomic mass is 32.2. The third-order valence-electron chi connectivity index (χ3n) is 2.47. The third kappa shape index (κ3) is 2.68. The number of nitrogens with one attached hydrogen (secondary N) is 1. The van der Waals surface area contributed by atoms with Crippen molar-refractivity contribution in [3.05, 3.63) is 59.9 Å². The summed E-state index contributed by atoms with van der Waals surface area (Å²) in [6.45, 7) is 1.52. The van der Waals surface area contributed by atoms with Gasteiger partial charge in [0.15, 0.2) is 0 Å². The maximum atomic E-state index is 13.1. The summed E-state index contributed by atoms with van der Waals surface area (Å²) >= 11 is 0. The minimum Gasteiger partial charge on any atom is -0.280 e. The molecule has 0 aromatic heterocycles. The van der Waals surface area contributed by atoms with Gasteiger partial charge in [-0.2, -0.15) is 0 Å². The molecule has 0 aliphatic heterocycles. The lowest BCUT2D eigenvalue weighted by Gasteiger charge is -2.08. The topological polar surface area (TPSA) is 46.2 Å². The van der Waals surface area contributed by atoms with E-state index in [9.17, 15) is 12.8 Å². The van der Waals surface area contributed by atoms with Gasteiger partial charge in [-0.1, -0.05) is 18.2 Å². The Kier molecular flexibility index (Phi) is 3.34. The van der Waals surface area contributed by atoms with Crippen LogP contribution in [0.2, 0.25) is 0 Å². The molecule has 0 bridgehead atoms. The summed E-state index contributed by atoms with van der Waals surface area (Å²) in [5, 5.41) is 0. The quantitative estimate of drug-likeness (QED) is 0.927. The van der Waals surface area contributed by atoms with Gasteiger partial charge in [0.1, 0.15) is 5.82 Å². The molecule has 2 aromatic rings. The van der Waals surface area contributed by atoms with Crippen molar-refractivity contribution in [1.29, 1.82) is 0 Å². The van der Waals surface area contributed by atoms with E-state index < -0.39 is 15.8 Å². The molecule has 0 aliphatic carbocycles. The minimum absolute atomic E-state index is 0.0465. The largest absolute Gasteiger partial charge is 0.280 e. The predicted molar refractivity (Wildman–Crippen MR) is 68.4 cm³/mol. The Morgan fingerprint density at radius 1 is 1.06 bits per heavy atom. The average Bonchev–Trinajstić information content (AvgIpc) is 2.33. The Morgan fingerprint density at radius 2 is 1.72 bits per heavy atom. The fourth-order valence-corrected chi connectivity index (χ4v) is 2.65. The highest BCUT2D eigenvalue weighted by molar-refractivity contribution is 7.92. The van der Waals surface area contributed by atoms with Crippen LogP contribution >= 0.6 is 0 Å². The molecule has 5 heteroatoms.